The molecule has 2 amide bonds. The number of nitrogens with two attached hydrogens (primary N) is 1. The standard InChI is InChI=1S/C26H31N7OS/c1-17(2)30-26(34)31-19-8-6-18(7-9-19)25-24(27)22-11-10-21(35-13-12-32-16-28-15-29-32)14-23(22)33(25)20-4-3-5-20/h6-11,14-17,20H,3-5,12-13,27H2,1-2H3,(H2,30,31,34). The fraction of sp³-hybridized carbons (Fsp3) is 0.346. The van der Waals surface area contributed by atoms with Crippen LogP contribution in [0.5, 0.6) is 0 Å². The molecule has 0 unspecified atom stereocenters. The van der Waals surface area contributed by atoms with E-state index in [0.29, 0.717) is 6.04 Å². The highest BCUT2D eigenvalue weighted by Crippen LogP contribution is 2.44. The number of nitrogen functional groups attached to an aromatic ring is 1. The molecule has 0 spiro atoms. The van der Waals surface area contributed by atoms with E-state index in [1.807, 2.05) is 54.6 Å². The molecule has 182 valence electrons. The van der Waals surface area contributed by atoms with Gasteiger partial charge < -0.3 is 20.9 Å². The molecule has 0 saturated heterocycles. The number of nitrogens with one attached hydrogen (secondary N) is 2. The molecule has 1 aliphatic rings. The molecule has 4 aromatic rings. The molecule has 8 nitrogen and oxygen atoms in total. The van der Waals surface area contributed by atoms with Crippen LogP contribution < -0.4 is 16.4 Å². The number of anilines is 2. The molecular weight excluding hydrogens is 458 g/mol. The average molecular weight is 490 g/mol. The van der Waals surface area contributed by atoms with Crippen LogP contribution in [0.2, 0.25) is 0 Å². The molecule has 5 rings (SSSR count). The van der Waals surface area contributed by atoms with Gasteiger partial charge in [-0.15, -0.1) is 11.8 Å². The van der Waals surface area contributed by atoms with Crippen molar-refractivity contribution in [2.75, 3.05) is 16.8 Å². The van der Waals surface area contributed by atoms with E-state index in [2.05, 4.69) is 43.5 Å². The van der Waals surface area contributed by atoms with Crippen molar-refractivity contribution in [1.29, 1.82) is 0 Å². The number of aromatic nitrogens is 4. The third-order valence-electron chi connectivity index (χ3n) is 6.35. The molecule has 2 aromatic carbocycles. The van der Waals surface area contributed by atoms with Gasteiger partial charge >= 0.3 is 6.03 Å². The van der Waals surface area contributed by atoms with Crippen LogP contribution in [-0.2, 0) is 6.54 Å². The molecule has 2 aromatic heterocycles. The lowest BCUT2D eigenvalue weighted by molar-refractivity contribution is 0.250. The number of nitrogens with zero attached hydrogens (tertiary/aromatic N) is 4. The smallest absolute Gasteiger partial charge is 0.319 e. The molecular formula is C26H31N7OS. The number of carbonyl (C=O) groups excluding carboxylic acids is 1. The van der Waals surface area contributed by atoms with E-state index in [1.54, 1.807) is 12.7 Å². The van der Waals surface area contributed by atoms with Gasteiger partial charge in [-0.1, -0.05) is 12.1 Å². The molecule has 0 bridgehead atoms. The predicted octanol–water partition coefficient (Wildman–Crippen LogP) is 5.53. The van der Waals surface area contributed by atoms with Crippen LogP contribution in [-0.4, -0.2) is 37.2 Å². The van der Waals surface area contributed by atoms with E-state index >= 15 is 0 Å². The van der Waals surface area contributed by atoms with Gasteiger partial charge in [0.25, 0.3) is 0 Å². The number of hydrogen-bond acceptors (Lipinski definition) is 5. The summed E-state index contributed by atoms with van der Waals surface area (Å²) >= 11 is 1.81. The van der Waals surface area contributed by atoms with Crippen LogP contribution in [0.25, 0.3) is 22.2 Å². The maximum absolute atomic E-state index is 12.1. The first kappa shape index (κ1) is 23.3. The van der Waals surface area contributed by atoms with Gasteiger partial charge in [0.15, 0.2) is 0 Å². The van der Waals surface area contributed by atoms with Gasteiger partial charge in [0.05, 0.1) is 23.4 Å². The zero-order valence-corrected chi connectivity index (χ0v) is 20.9. The summed E-state index contributed by atoms with van der Waals surface area (Å²) in [5.41, 5.74) is 11.6. The minimum atomic E-state index is -0.204. The molecule has 0 aliphatic heterocycles. The van der Waals surface area contributed by atoms with Gasteiger partial charge in [-0.05, 0) is 63.4 Å². The Balaban J connectivity index is 1.43. The number of amides is 2. The van der Waals surface area contributed by atoms with Crippen LogP contribution in [0.4, 0.5) is 16.2 Å². The lowest BCUT2D eigenvalue weighted by Gasteiger charge is -2.30. The first-order valence-corrected chi connectivity index (χ1v) is 13.0. The van der Waals surface area contributed by atoms with Crippen molar-refractivity contribution < 1.29 is 4.79 Å². The second-order valence-corrected chi connectivity index (χ2v) is 10.4. The minimum absolute atomic E-state index is 0.0814. The highest BCUT2D eigenvalue weighted by molar-refractivity contribution is 7.99. The maximum Gasteiger partial charge on any atom is 0.319 e. The summed E-state index contributed by atoms with van der Waals surface area (Å²) in [6, 6.07) is 14.8. The Kier molecular flexibility index (Phi) is 6.68. The summed E-state index contributed by atoms with van der Waals surface area (Å²) in [4.78, 5) is 17.3. The molecule has 1 aliphatic carbocycles. The topological polar surface area (TPSA) is 103 Å². The zero-order chi connectivity index (χ0) is 24.4. The van der Waals surface area contributed by atoms with E-state index in [-0.39, 0.29) is 12.1 Å². The summed E-state index contributed by atoms with van der Waals surface area (Å²) in [6.07, 6.45) is 6.87. The van der Waals surface area contributed by atoms with Crippen molar-refractivity contribution >= 4 is 40.1 Å². The lowest BCUT2D eigenvalue weighted by atomic mass is 9.92. The molecule has 1 saturated carbocycles. The fourth-order valence-electron chi connectivity index (χ4n) is 4.47. The average Bonchev–Trinajstić information content (AvgIpc) is 3.40. The molecule has 2 heterocycles. The van der Waals surface area contributed by atoms with Crippen molar-refractivity contribution in [1.82, 2.24) is 24.6 Å². The number of aryl methyl sites for hydroxylation is 1. The fourth-order valence-corrected chi connectivity index (χ4v) is 5.34. The summed E-state index contributed by atoms with van der Waals surface area (Å²) in [6.45, 7) is 4.69. The third kappa shape index (κ3) is 5.00. The summed E-state index contributed by atoms with van der Waals surface area (Å²) < 4.78 is 4.28. The highest BCUT2D eigenvalue weighted by atomic mass is 32.2. The molecule has 35 heavy (non-hydrogen) atoms. The van der Waals surface area contributed by atoms with E-state index in [1.165, 1.54) is 16.8 Å². The molecule has 4 N–H and O–H groups in total. The van der Waals surface area contributed by atoms with E-state index in [0.717, 1.165) is 53.2 Å². The van der Waals surface area contributed by atoms with Gasteiger partial charge in [-0.3, -0.25) is 4.68 Å². The monoisotopic (exact) mass is 489 g/mol. The first-order valence-electron chi connectivity index (χ1n) is 12.1. The minimum Gasteiger partial charge on any atom is -0.396 e. The second kappa shape index (κ2) is 10.0. The van der Waals surface area contributed by atoms with Gasteiger partial charge in [0.2, 0.25) is 0 Å². The Morgan fingerprint density at radius 3 is 2.66 bits per heavy atom. The Bertz CT molecular complexity index is 1310. The number of rotatable bonds is 8. The molecule has 9 heteroatoms. The van der Waals surface area contributed by atoms with Crippen LogP contribution in [0, 0.1) is 0 Å². The van der Waals surface area contributed by atoms with Gasteiger partial charge in [-0.25, -0.2) is 9.78 Å². The second-order valence-electron chi connectivity index (χ2n) is 9.23. The largest absolute Gasteiger partial charge is 0.396 e. The Morgan fingerprint density at radius 1 is 1.20 bits per heavy atom. The number of carbonyl (C=O) groups is 1. The summed E-state index contributed by atoms with van der Waals surface area (Å²) in [5, 5.41) is 11.0. The van der Waals surface area contributed by atoms with Crippen molar-refractivity contribution in [3.63, 3.8) is 0 Å². The van der Waals surface area contributed by atoms with Gasteiger partial charge in [0, 0.05) is 39.4 Å². The first-order chi connectivity index (χ1) is 17.0. The van der Waals surface area contributed by atoms with Crippen molar-refractivity contribution in [3.05, 3.63) is 55.1 Å². The van der Waals surface area contributed by atoms with E-state index in [4.69, 9.17) is 5.73 Å². The Hall–Kier alpha value is -3.46. The normalized spacial score (nSPS) is 13.8. The molecule has 0 atom stereocenters. The van der Waals surface area contributed by atoms with Crippen molar-refractivity contribution in [2.45, 2.75) is 56.6 Å². The Morgan fingerprint density at radius 2 is 2.00 bits per heavy atom. The summed E-state index contributed by atoms with van der Waals surface area (Å²) in [5.74, 6) is 0.917. The van der Waals surface area contributed by atoms with Crippen LogP contribution in [0.3, 0.4) is 0 Å². The predicted molar refractivity (Wildman–Crippen MR) is 143 cm³/mol. The quantitative estimate of drug-likeness (QED) is 0.282. The van der Waals surface area contributed by atoms with Crippen molar-refractivity contribution in [3.8, 4) is 11.3 Å². The third-order valence-corrected chi connectivity index (χ3v) is 7.32. The number of hydrogen-bond donors (Lipinski definition) is 3. The molecule has 0 radical (unpaired) electrons. The molecule has 1 fully saturated rings. The lowest BCUT2D eigenvalue weighted by Crippen LogP contribution is -2.34. The van der Waals surface area contributed by atoms with Crippen molar-refractivity contribution in [2.24, 2.45) is 0 Å². The van der Waals surface area contributed by atoms with Gasteiger partial charge in [-0.2, -0.15) is 5.10 Å². The number of urea groups is 1. The SMILES string of the molecule is CC(C)NC(=O)Nc1ccc(-c2c(N)c3ccc(SCCn4cncn4)cc3n2C2CCC2)cc1. The highest BCUT2D eigenvalue weighted by Gasteiger charge is 2.27. The van der Waals surface area contributed by atoms with Crippen LogP contribution >= 0.6 is 11.8 Å². The summed E-state index contributed by atoms with van der Waals surface area (Å²) in [7, 11) is 0. The van der Waals surface area contributed by atoms with E-state index < -0.39 is 0 Å². The number of benzene rings is 2. The number of fused-ring (bicyclic) bond motifs is 1. The van der Waals surface area contributed by atoms with Crippen LogP contribution in [0.15, 0.2) is 60.0 Å². The maximum atomic E-state index is 12.1. The van der Waals surface area contributed by atoms with Crippen LogP contribution in [0.1, 0.15) is 39.2 Å². The zero-order valence-electron chi connectivity index (χ0n) is 20.1. The Labute approximate surface area is 209 Å². The number of thioether (sulfide) groups is 1. The van der Waals surface area contributed by atoms with E-state index in [9.17, 15) is 4.79 Å². The van der Waals surface area contributed by atoms with Gasteiger partial charge in [0.1, 0.15) is 12.7 Å².